The Morgan fingerprint density at radius 1 is 1.32 bits per heavy atom. The van der Waals surface area contributed by atoms with Gasteiger partial charge >= 0.3 is 0 Å². The molecule has 3 heteroatoms. The van der Waals surface area contributed by atoms with Gasteiger partial charge in [0.1, 0.15) is 5.75 Å². The molecule has 1 amide bonds. The number of rotatable bonds is 3. The number of aryl methyl sites for hydroxylation is 1. The SMILES string of the molecule is Cc1cccc(OCC(=O)N2CC(C)CC(C)C2)c1. The molecule has 1 heterocycles. The van der Waals surface area contributed by atoms with E-state index in [1.807, 2.05) is 36.1 Å². The van der Waals surface area contributed by atoms with E-state index in [0.717, 1.165) is 24.4 Å². The third-order valence-electron chi connectivity index (χ3n) is 3.57. The Balaban J connectivity index is 1.87. The van der Waals surface area contributed by atoms with Gasteiger partial charge < -0.3 is 9.64 Å². The van der Waals surface area contributed by atoms with Crippen molar-refractivity contribution in [2.75, 3.05) is 19.7 Å². The van der Waals surface area contributed by atoms with E-state index in [-0.39, 0.29) is 12.5 Å². The van der Waals surface area contributed by atoms with Gasteiger partial charge in [0.05, 0.1) is 0 Å². The summed E-state index contributed by atoms with van der Waals surface area (Å²) in [4.78, 5) is 14.1. The second-order valence-electron chi connectivity index (χ2n) is 5.85. The number of hydrogen-bond acceptors (Lipinski definition) is 2. The quantitative estimate of drug-likeness (QED) is 0.837. The molecule has 0 radical (unpaired) electrons. The van der Waals surface area contributed by atoms with Crippen molar-refractivity contribution in [1.82, 2.24) is 4.90 Å². The number of carbonyl (C=O) groups is 1. The van der Waals surface area contributed by atoms with Crippen molar-refractivity contribution in [3.63, 3.8) is 0 Å². The molecule has 3 nitrogen and oxygen atoms in total. The van der Waals surface area contributed by atoms with Crippen LogP contribution in [0.25, 0.3) is 0 Å². The molecule has 2 rings (SSSR count). The number of benzene rings is 1. The monoisotopic (exact) mass is 261 g/mol. The second-order valence-corrected chi connectivity index (χ2v) is 5.85. The van der Waals surface area contributed by atoms with Crippen LogP contribution in [0.4, 0.5) is 0 Å². The van der Waals surface area contributed by atoms with Crippen LogP contribution in [0.5, 0.6) is 5.75 Å². The summed E-state index contributed by atoms with van der Waals surface area (Å²) in [5.74, 6) is 2.05. The van der Waals surface area contributed by atoms with E-state index >= 15 is 0 Å². The fourth-order valence-electron chi connectivity index (χ4n) is 2.81. The highest BCUT2D eigenvalue weighted by atomic mass is 16.5. The van der Waals surface area contributed by atoms with Gasteiger partial charge in [-0.2, -0.15) is 0 Å². The van der Waals surface area contributed by atoms with E-state index < -0.39 is 0 Å². The van der Waals surface area contributed by atoms with Crippen molar-refractivity contribution in [3.05, 3.63) is 29.8 Å². The van der Waals surface area contributed by atoms with E-state index in [1.54, 1.807) is 0 Å². The van der Waals surface area contributed by atoms with E-state index in [0.29, 0.717) is 11.8 Å². The number of likely N-dealkylation sites (tertiary alicyclic amines) is 1. The van der Waals surface area contributed by atoms with Gasteiger partial charge in [-0.05, 0) is 42.9 Å². The van der Waals surface area contributed by atoms with Crippen LogP contribution in [0.1, 0.15) is 25.8 Å². The normalized spacial score (nSPS) is 23.2. The number of nitrogens with zero attached hydrogens (tertiary/aromatic N) is 1. The molecule has 1 aromatic rings. The van der Waals surface area contributed by atoms with Crippen LogP contribution < -0.4 is 4.74 Å². The van der Waals surface area contributed by atoms with E-state index in [1.165, 1.54) is 6.42 Å². The Kier molecular flexibility index (Phi) is 4.46. The summed E-state index contributed by atoms with van der Waals surface area (Å²) in [7, 11) is 0. The predicted molar refractivity (Wildman–Crippen MR) is 76.2 cm³/mol. The lowest BCUT2D eigenvalue weighted by atomic mass is 9.92. The maximum absolute atomic E-state index is 12.1. The van der Waals surface area contributed by atoms with Gasteiger partial charge in [0.15, 0.2) is 6.61 Å². The molecular formula is C16H23NO2. The zero-order valence-corrected chi connectivity index (χ0v) is 12.1. The van der Waals surface area contributed by atoms with Gasteiger partial charge in [0.2, 0.25) is 0 Å². The lowest BCUT2D eigenvalue weighted by Gasteiger charge is -2.34. The van der Waals surface area contributed by atoms with Crippen LogP contribution in [0.3, 0.4) is 0 Å². The molecule has 1 aliphatic heterocycles. The second kappa shape index (κ2) is 6.09. The minimum Gasteiger partial charge on any atom is -0.484 e. The van der Waals surface area contributed by atoms with Crippen molar-refractivity contribution >= 4 is 5.91 Å². The first kappa shape index (κ1) is 13.9. The number of carbonyl (C=O) groups excluding carboxylic acids is 1. The molecule has 2 atom stereocenters. The van der Waals surface area contributed by atoms with Crippen molar-refractivity contribution in [2.45, 2.75) is 27.2 Å². The first-order valence-corrected chi connectivity index (χ1v) is 7.02. The fourth-order valence-corrected chi connectivity index (χ4v) is 2.81. The molecule has 19 heavy (non-hydrogen) atoms. The average Bonchev–Trinajstić information content (AvgIpc) is 2.35. The molecule has 0 spiro atoms. The zero-order chi connectivity index (χ0) is 13.8. The first-order valence-electron chi connectivity index (χ1n) is 7.02. The van der Waals surface area contributed by atoms with E-state index in [9.17, 15) is 4.79 Å². The minimum atomic E-state index is 0.0971. The topological polar surface area (TPSA) is 29.5 Å². The lowest BCUT2D eigenvalue weighted by Crippen LogP contribution is -2.44. The molecule has 1 aliphatic rings. The van der Waals surface area contributed by atoms with Crippen molar-refractivity contribution in [1.29, 1.82) is 0 Å². The Bertz CT molecular complexity index is 434. The smallest absolute Gasteiger partial charge is 0.260 e. The first-order chi connectivity index (χ1) is 9.04. The minimum absolute atomic E-state index is 0.0971. The summed E-state index contributed by atoms with van der Waals surface area (Å²) >= 11 is 0. The van der Waals surface area contributed by atoms with Gasteiger partial charge in [0.25, 0.3) is 5.91 Å². The van der Waals surface area contributed by atoms with Crippen molar-refractivity contribution in [3.8, 4) is 5.75 Å². The molecule has 0 N–H and O–H groups in total. The fraction of sp³-hybridized carbons (Fsp3) is 0.562. The average molecular weight is 261 g/mol. The van der Waals surface area contributed by atoms with Crippen molar-refractivity contribution in [2.24, 2.45) is 11.8 Å². The number of ether oxygens (including phenoxy) is 1. The number of amides is 1. The van der Waals surface area contributed by atoms with Gasteiger partial charge in [-0.1, -0.05) is 26.0 Å². The van der Waals surface area contributed by atoms with Crippen molar-refractivity contribution < 1.29 is 9.53 Å². The van der Waals surface area contributed by atoms with Gasteiger partial charge in [-0.3, -0.25) is 4.79 Å². The molecule has 104 valence electrons. The summed E-state index contributed by atoms with van der Waals surface area (Å²) in [6.07, 6.45) is 1.21. The highest BCUT2D eigenvalue weighted by molar-refractivity contribution is 5.77. The summed E-state index contributed by atoms with van der Waals surface area (Å²) < 4.78 is 5.58. The van der Waals surface area contributed by atoms with Gasteiger partial charge in [0, 0.05) is 13.1 Å². The molecule has 1 fully saturated rings. The van der Waals surface area contributed by atoms with Crippen LogP contribution in [0.15, 0.2) is 24.3 Å². The van der Waals surface area contributed by atoms with E-state index in [2.05, 4.69) is 13.8 Å². The molecule has 0 saturated carbocycles. The van der Waals surface area contributed by atoms with Crippen LogP contribution in [0.2, 0.25) is 0 Å². The summed E-state index contributed by atoms with van der Waals surface area (Å²) in [5.41, 5.74) is 1.14. The van der Waals surface area contributed by atoms with Gasteiger partial charge in [-0.15, -0.1) is 0 Å². The van der Waals surface area contributed by atoms with Crippen LogP contribution in [0, 0.1) is 18.8 Å². The van der Waals surface area contributed by atoms with Crippen LogP contribution in [-0.2, 0) is 4.79 Å². The maximum Gasteiger partial charge on any atom is 0.260 e. The standard InChI is InChI=1S/C16H23NO2/c1-12-5-4-6-15(8-12)19-11-16(18)17-9-13(2)7-14(3)10-17/h4-6,8,13-14H,7,9-11H2,1-3H3. The maximum atomic E-state index is 12.1. The molecule has 1 aromatic carbocycles. The lowest BCUT2D eigenvalue weighted by molar-refractivity contribution is -0.136. The Labute approximate surface area is 115 Å². The highest BCUT2D eigenvalue weighted by Gasteiger charge is 2.25. The highest BCUT2D eigenvalue weighted by Crippen LogP contribution is 2.21. The molecule has 1 saturated heterocycles. The summed E-state index contributed by atoms with van der Waals surface area (Å²) in [5, 5.41) is 0. The summed E-state index contributed by atoms with van der Waals surface area (Å²) in [6.45, 7) is 8.29. The Morgan fingerprint density at radius 2 is 2.00 bits per heavy atom. The molecular weight excluding hydrogens is 238 g/mol. The Hall–Kier alpha value is -1.51. The van der Waals surface area contributed by atoms with Crippen LogP contribution >= 0.6 is 0 Å². The third kappa shape index (κ3) is 3.98. The number of hydrogen-bond donors (Lipinski definition) is 0. The largest absolute Gasteiger partial charge is 0.484 e. The molecule has 0 bridgehead atoms. The molecule has 0 aliphatic carbocycles. The molecule has 0 aromatic heterocycles. The number of piperidine rings is 1. The summed E-state index contributed by atoms with van der Waals surface area (Å²) in [6, 6.07) is 7.80. The third-order valence-corrected chi connectivity index (χ3v) is 3.57. The van der Waals surface area contributed by atoms with Gasteiger partial charge in [-0.25, -0.2) is 0 Å². The predicted octanol–water partition coefficient (Wildman–Crippen LogP) is 2.88. The Morgan fingerprint density at radius 3 is 2.63 bits per heavy atom. The van der Waals surface area contributed by atoms with E-state index in [4.69, 9.17) is 4.74 Å². The molecule has 2 unspecified atom stereocenters. The zero-order valence-electron chi connectivity index (χ0n) is 12.1. The van der Waals surface area contributed by atoms with Crippen LogP contribution in [-0.4, -0.2) is 30.5 Å².